The van der Waals surface area contributed by atoms with E-state index in [1.165, 1.54) is 0 Å². The maximum atomic E-state index is 11.9. The van der Waals surface area contributed by atoms with Crippen molar-refractivity contribution in [1.29, 1.82) is 0 Å². The third-order valence-corrected chi connectivity index (χ3v) is 3.44. The summed E-state index contributed by atoms with van der Waals surface area (Å²) in [5.74, 6) is -1.37. The molecule has 5 heteroatoms. The number of rotatable bonds is 5. The number of aliphatic carboxylic acids is 1. The molecule has 1 amide bonds. The highest BCUT2D eigenvalue weighted by atomic mass is 16.4. The van der Waals surface area contributed by atoms with Gasteiger partial charge in [-0.2, -0.15) is 0 Å². The van der Waals surface area contributed by atoms with Crippen molar-refractivity contribution in [2.75, 3.05) is 6.54 Å². The maximum absolute atomic E-state index is 11.9. The van der Waals surface area contributed by atoms with Gasteiger partial charge in [-0.05, 0) is 25.0 Å². The summed E-state index contributed by atoms with van der Waals surface area (Å²) in [6.07, 6.45) is 4.00. The third-order valence-electron chi connectivity index (χ3n) is 3.44. The molecule has 0 radical (unpaired) electrons. The van der Waals surface area contributed by atoms with E-state index in [2.05, 4.69) is 10.3 Å². The van der Waals surface area contributed by atoms with Crippen LogP contribution >= 0.6 is 0 Å². The Morgan fingerprint density at radius 3 is 2.67 bits per heavy atom. The van der Waals surface area contributed by atoms with Gasteiger partial charge in [-0.3, -0.25) is 14.6 Å². The molecule has 1 heterocycles. The van der Waals surface area contributed by atoms with Crippen LogP contribution in [0.5, 0.6) is 0 Å². The third kappa shape index (κ3) is 2.34. The SMILES string of the molecule is O=C(O)C1(C(=O)NCCc2ccccn2)CCC1. The summed E-state index contributed by atoms with van der Waals surface area (Å²) >= 11 is 0. The molecular formula is C13H16N2O3. The number of nitrogens with one attached hydrogen (secondary N) is 1. The van der Waals surface area contributed by atoms with Crippen molar-refractivity contribution >= 4 is 11.9 Å². The van der Waals surface area contributed by atoms with Crippen molar-refractivity contribution in [3.8, 4) is 0 Å². The van der Waals surface area contributed by atoms with Gasteiger partial charge in [0.1, 0.15) is 5.41 Å². The first-order valence-electron chi connectivity index (χ1n) is 6.07. The first-order chi connectivity index (χ1) is 8.65. The summed E-state index contributed by atoms with van der Waals surface area (Å²) in [6, 6.07) is 5.59. The molecule has 0 unspecified atom stereocenters. The zero-order valence-electron chi connectivity index (χ0n) is 10.1. The van der Waals surface area contributed by atoms with Crippen molar-refractivity contribution in [1.82, 2.24) is 10.3 Å². The molecule has 0 saturated heterocycles. The van der Waals surface area contributed by atoms with Gasteiger partial charge in [0.15, 0.2) is 0 Å². The van der Waals surface area contributed by atoms with Gasteiger partial charge in [0, 0.05) is 24.9 Å². The average molecular weight is 248 g/mol. The fourth-order valence-electron chi connectivity index (χ4n) is 2.09. The van der Waals surface area contributed by atoms with E-state index in [1.807, 2.05) is 18.2 Å². The molecule has 1 aliphatic rings. The molecule has 0 aromatic carbocycles. The molecule has 1 aromatic rings. The molecule has 1 saturated carbocycles. The molecule has 0 atom stereocenters. The Bertz CT molecular complexity index is 441. The molecule has 0 bridgehead atoms. The van der Waals surface area contributed by atoms with Crippen molar-refractivity contribution in [3.05, 3.63) is 30.1 Å². The second-order valence-electron chi connectivity index (χ2n) is 4.57. The molecule has 1 fully saturated rings. The number of carbonyl (C=O) groups is 2. The minimum absolute atomic E-state index is 0.364. The van der Waals surface area contributed by atoms with Crippen LogP contribution in [-0.2, 0) is 16.0 Å². The fraction of sp³-hybridized carbons (Fsp3) is 0.462. The van der Waals surface area contributed by atoms with Crippen LogP contribution in [0.25, 0.3) is 0 Å². The second-order valence-corrected chi connectivity index (χ2v) is 4.57. The molecule has 0 aliphatic heterocycles. The van der Waals surface area contributed by atoms with E-state index in [4.69, 9.17) is 5.11 Å². The van der Waals surface area contributed by atoms with Gasteiger partial charge in [-0.25, -0.2) is 0 Å². The van der Waals surface area contributed by atoms with Crippen LogP contribution in [0.3, 0.4) is 0 Å². The van der Waals surface area contributed by atoms with E-state index in [9.17, 15) is 9.59 Å². The monoisotopic (exact) mass is 248 g/mol. The van der Waals surface area contributed by atoms with E-state index in [0.717, 1.165) is 12.1 Å². The van der Waals surface area contributed by atoms with Crippen molar-refractivity contribution < 1.29 is 14.7 Å². The lowest BCUT2D eigenvalue weighted by molar-refractivity contribution is -0.162. The lowest BCUT2D eigenvalue weighted by Crippen LogP contribution is -2.51. The number of amides is 1. The molecule has 1 aromatic heterocycles. The van der Waals surface area contributed by atoms with E-state index < -0.39 is 11.4 Å². The highest BCUT2D eigenvalue weighted by Gasteiger charge is 2.50. The van der Waals surface area contributed by atoms with Gasteiger partial charge in [-0.15, -0.1) is 0 Å². The summed E-state index contributed by atoms with van der Waals surface area (Å²) in [7, 11) is 0. The average Bonchev–Trinajstić information content (AvgIpc) is 2.28. The van der Waals surface area contributed by atoms with Gasteiger partial charge >= 0.3 is 5.97 Å². The number of carboxylic acids is 1. The largest absolute Gasteiger partial charge is 0.480 e. The molecule has 5 nitrogen and oxygen atoms in total. The van der Waals surface area contributed by atoms with E-state index in [0.29, 0.717) is 25.8 Å². The number of hydrogen-bond donors (Lipinski definition) is 2. The van der Waals surface area contributed by atoms with Crippen LogP contribution in [0.2, 0.25) is 0 Å². The van der Waals surface area contributed by atoms with Gasteiger partial charge in [0.25, 0.3) is 0 Å². The molecule has 2 N–H and O–H groups in total. The van der Waals surface area contributed by atoms with Crippen LogP contribution < -0.4 is 5.32 Å². The second kappa shape index (κ2) is 5.16. The summed E-state index contributed by atoms with van der Waals surface area (Å²) in [5.41, 5.74) is -0.291. The van der Waals surface area contributed by atoms with Gasteiger partial charge < -0.3 is 10.4 Å². The zero-order chi connectivity index (χ0) is 13.0. The predicted molar refractivity (Wildman–Crippen MR) is 64.9 cm³/mol. The highest BCUT2D eigenvalue weighted by molar-refractivity contribution is 6.02. The Labute approximate surface area is 105 Å². The molecule has 96 valence electrons. The smallest absolute Gasteiger partial charge is 0.319 e. The van der Waals surface area contributed by atoms with E-state index >= 15 is 0 Å². The standard InChI is InChI=1S/C13H16N2O3/c16-11(13(12(17)18)6-3-7-13)15-9-5-10-4-1-2-8-14-10/h1-2,4,8H,3,5-7,9H2,(H,15,16)(H,17,18). The van der Waals surface area contributed by atoms with Gasteiger partial charge in [-0.1, -0.05) is 12.5 Å². The molecule has 2 rings (SSSR count). The maximum Gasteiger partial charge on any atom is 0.319 e. The highest BCUT2D eigenvalue weighted by Crippen LogP contribution is 2.41. The predicted octanol–water partition coefficient (Wildman–Crippen LogP) is 0.995. The Hall–Kier alpha value is -1.91. The van der Waals surface area contributed by atoms with Crippen LogP contribution in [0.4, 0.5) is 0 Å². The fourth-order valence-corrected chi connectivity index (χ4v) is 2.09. The lowest BCUT2D eigenvalue weighted by Gasteiger charge is -2.35. The van der Waals surface area contributed by atoms with Crippen LogP contribution in [-0.4, -0.2) is 28.5 Å². The normalized spacial score (nSPS) is 16.7. The van der Waals surface area contributed by atoms with E-state index in [-0.39, 0.29) is 5.91 Å². The number of aromatic nitrogens is 1. The molecule has 18 heavy (non-hydrogen) atoms. The van der Waals surface area contributed by atoms with E-state index in [1.54, 1.807) is 6.20 Å². The minimum Gasteiger partial charge on any atom is -0.480 e. The number of nitrogens with zero attached hydrogens (tertiary/aromatic N) is 1. The molecule has 0 spiro atoms. The number of carbonyl (C=O) groups excluding carboxylic acids is 1. The van der Waals surface area contributed by atoms with Crippen LogP contribution in [0.15, 0.2) is 24.4 Å². The number of carboxylic acid groups (broad SMARTS) is 1. The number of hydrogen-bond acceptors (Lipinski definition) is 3. The first kappa shape index (κ1) is 12.5. The van der Waals surface area contributed by atoms with Gasteiger partial charge in [0.2, 0.25) is 5.91 Å². The molecular weight excluding hydrogens is 232 g/mol. The van der Waals surface area contributed by atoms with Gasteiger partial charge in [0.05, 0.1) is 0 Å². The van der Waals surface area contributed by atoms with Crippen LogP contribution in [0, 0.1) is 5.41 Å². The topological polar surface area (TPSA) is 79.3 Å². The van der Waals surface area contributed by atoms with Crippen molar-refractivity contribution in [2.45, 2.75) is 25.7 Å². The lowest BCUT2D eigenvalue weighted by atomic mass is 9.68. The summed E-state index contributed by atoms with van der Waals surface area (Å²) in [6.45, 7) is 0.422. The Morgan fingerprint density at radius 2 is 2.17 bits per heavy atom. The zero-order valence-corrected chi connectivity index (χ0v) is 10.1. The Morgan fingerprint density at radius 1 is 1.39 bits per heavy atom. The summed E-state index contributed by atoms with van der Waals surface area (Å²) in [5, 5.41) is 11.8. The summed E-state index contributed by atoms with van der Waals surface area (Å²) in [4.78, 5) is 27.1. The quantitative estimate of drug-likeness (QED) is 0.762. The van der Waals surface area contributed by atoms with Crippen LogP contribution in [0.1, 0.15) is 25.0 Å². The summed E-state index contributed by atoms with van der Waals surface area (Å²) < 4.78 is 0. The first-order valence-corrected chi connectivity index (χ1v) is 6.07. The Balaban J connectivity index is 1.84. The van der Waals surface area contributed by atoms with Crippen molar-refractivity contribution in [3.63, 3.8) is 0 Å². The molecule has 1 aliphatic carbocycles. The minimum atomic E-state index is -1.18. The van der Waals surface area contributed by atoms with Crippen molar-refractivity contribution in [2.24, 2.45) is 5.41 Å². The number of pyridine rings is 1. The Kier molecular flexibility index (Phi) is 3.60.